The Bertz CT molecular complexity index is 429. The van der Waals surface area contributed by atoms with Crippen molar-refractivity contribution in [2.75, 3.05) is 5.32 Å². The first-order valence-corrected chi connectivity index (χ1v) is 6.25. The van der Waals surface area contributed by atoms with Gasteiger partial charge in [-0.1, -0.05) is 24.1 Å². The summed E-state index contributed by atoms with van der Waals surface area (Å²) in [5.41, 5.74) is 0.782. The van der Waals surface area contributed by atoms with Gasteiger partial charge in [0.1, 0.15) is 5.56 Å². The lowest BCUT2D eigenvalue weighted by molar-refractivity contribution is 0.0698. The fraction of sp³-hybridized carbons (Fsp3) is 0.462. The molecule has 0 saturated heterocycles. The number of halogens is 1. The molecule has 0 heterocycles. The lowest BCUT2D eigenvalue weighted by atomic mass is 9.80. The van der Waals surface area contributed by atoms with Crippen LogP contribution in [0.25, 0.3) is 0 Å². The van der Waals surface area contributed by atoms with Crippen molar-refractivity contribution in [2.45, 2.75) is 32.2 Å². The van der Waals surface area contributed by atoms with Crippen molar-refractivity contribution >= 4 is 23.3 Å². The molecular formula is C13H16ClNO2. The Morgan fingerprint density at radius 3 is 2.76 bits per heavy atom. The minimum absolute atomic E-state index is 0.167. The third-order valence-corrected chi connectivity index (χ3v) is 3.78. The Hall–Kier alpha value is -1.22. The van der Waals surface area contributed by atoms with Crippen molar-refractivity contribution in [3.8, 4) is 0 Å². The van der Waals surface area contributed by atoms with Crippen LogP contribution in [0.5, 0.6) is 0 Å². The van der Waals surface area contributed by atoms with Crippen molar-refractivity contribution < 1.29 is 9.90 Å². The summed E-state index contributed by atoms with van der Waals surface area (Å²) < 4.78 is 0. The van der Waals surface area contributed by atoms with Gasteiger partial charge in [0.15, 0.2) is 0 Å². The summed E-state index contributed by atoms with van der Waals surface area (Å²) in [6, 6.07) is 5.43. The highest BCUT2D eigenvalue weighted by molar-refractivity contribution is 6.34. The number of hydrogen-bond donors (Lipinski definition) is 2. The van der Waals surface area contributed by atoms with Crippen LogP contribution in [0.15, 0.2) is 18.2 Å². The first-order valence-electron chi connectivity index (χ1n) is 5.88. The average molecular weight is 254 g/mol. The first-order chi connectivity index (χ1) is 8.09. The maximum atomic E-state index is 11.2. The lowest BCUT2D eigenvalue weighted by Gasteiger charge is -2.32. The highest BCUT2D eigenvalue weighted by Crippen LogP contribution is 2.32. The molecule has 4 heteroatoms. The van der Waals surface area contributed by atoms with E-state index >= 15 is 0 Å². The quantitative estimate of drug-likeness (QED) is 0.861. The van der Waals surface area contributed by atoms with E-state index in [4.69, 9.17) is 16.7 Å². The molecule has 1 unspecified atom stereocenters. The monoisotopic (exact) mass is 253 g/mol. The smallest absolute Gasteiger partial charge is 0.339 e. The molecule has 1 fully saturated rings. The standard InChI is InChI=1S/C13H16ClNO2/c1-8(9-4-2-5-9)15-11-7-3-6-10(14)12(11)13(16)17/h3,6-9,15H,2,4-5H2,1H3,(H,16,17). The second-order valence-corrected chi connectivity index (χ2v) is 5.00. The fourth-order valence-electron chi connectivity index (χ4n) is 2.16. The van der Waals surface area contributed by atoms with E-state index < -0.39 is 5.97 Å². The van der Waals surface area contributed by atoms with Gasteiger partial charge in [0, 0.05) is 6.04 Å². The Morgan fingerprint density at radius 1 is 1.53 bits per heavy atom. The minimum atomic E-state index is -0.987. The molecule has 3 nitrogen and oxygen atoms in total. The molecule has 0 radical (unpaired) electrons. The molecule has 0 aliphatic heterocycles. The molecule has 1 atom stereocenters. The van der Waals surface area contributed by atoms with E-state index in [1.807, 2.05) is 0 Å². The van der Waals surface area contributed by atoms with Crippen LogP contribution in [0.4, 0.5) is 5.69 Å². The maximum absolute atomic E-state index is 11.2. The lowest BCUT2D eigenvalue weighted by Crippen LogP contribution is -2.31. The maximum Gasteiger partial charge on any atom is 0.339 e. The zero-order valence-electron chi connectivity index (χ0n) is 9.74. The van der Waals surface area contributed by atoms with Crippen LogP contribution in [0.1, 0.15) is 36.5 Å². The van der Waals surface area contributed by atoms with Crippen LogP contribution in [-0.4, -0.2) is 17.1 Å². The van der Waals surface area contributed by atoms with E-state index in [2.05, 4.69) is 12.2 Å². The van der Waals surface area contributed by atoms with Crippen molar-refractivity contribution in [1.29, 1.82) is 0 Å². The third-order valence-electron chi connectivity index (χ3n) is 3.47. The van der Waals surface area contributed by atoms with Gasteiger partial charge in [-0.3, -0.25) is 0 Å². The summed E-state index contributed by atoms with van der Waals surface area (Å²) in [4.78, 5) is 11.2. The summed E-state index contributed by atoms with van der Waals surface area (Å²) in [6.07, 6.45) is 3.71. The van der Waals surface area contributed by atoms with Crippen LogP contribution < -0.4 is 5.32 Å². The number of carbonyl (C=O) groups is 1. The van der Waals surface area contributed by atoms with Crippen LogP contribution in [0, 0.1) is 5.92 Å². The van der Waals surface area contributed by atoms with Gasteiger partial charge in [0.05, 0.1) is 10.7 Å². The van der Waals surface area contributed by atoms with Gasteiger partial charge in [-0.25, -0.2) is 4.79 Å². The number of carboxylic acid groups (broad SMARTS) is 1. The highest BCUT2D eigenvalue weighted by Gasteiger charge is 2.25. The van der Waals surface area contributed by atoms with Crippen LogP contribution in [0.3, 0.4) is 0 Å². The molecule has 1 aromatic rings. The van der Waals surface area contributed by atoms with Crippen molar-refractivity contribution in [3.05, 3.63) is 28.8 Å². The number of rotatable bonds is 4. The summed E-state index contributed by atoms with van der Waals surface area (Å²) in [7, 11) is 0. The molecule has 0 bridgehead atoms. The van der Waals surface area contributed by atoms with E-state index in [-0.39, 0.29) is 10.6 Å². The Morgan fingerprint density at radius 2 is 2.24 bits per heavy atom. The largest absolute Gasteiger partial charge is 0.478 e. The number of benzene rings is 1. The predicted molar refractivity (Wildman–Crippen MR) is 68.8 cm³/mol. The van der Waals surface area contributed by atoms with Gasteiger partial charge >= 0.3 is 5.97 Å². The van der Waals surface area contributed by atoms with Crippen molar-refractivity contribution in [3.63, 3.8) is 0 Å². The summed E-state index contributed by atoms with van der Waals surface area (Å²) in [5.74, 6) is -0.338. The Kier molecular flexibility index (Phi) is 3.57. The van der Waals surface area contributed by atoms with Gasteiger partial charge in [0.2, 0.25) is 0 Å². The van der Waals surface area contributed by atoms with Gasteiger partial charge in [0.25, 0.3) is 0 Å². The number of carboxylic acids is 1. The van der Waals surface area contributed by atoms with Gasteiger partial charge in [-0.05, 0) is 37.8 Å². The molecular weight excluding hydrogens is 238 g/mol. The van der Waals surface area contributed by atoms with E-state index in [1.54, 1.807) is 18.2 Å². The number of hydrogen-bond acceptors (Lipinski definition) is 2. The SMILES string of the molecule is CC(Nc1cccc(Cl)c1C(=O)O)C1CCC1. The van der Waals surface area contributed by atoms with Gasteiger partial charge in [-0.2, -0.15) is 0 Å². The zero-order valence-corrected chi connectivity index (χ0v) is 10.5. The molecule has 1 saturated carbocycles. The molecule has 1 aromatic carbocycles. The molecule has 2 rings (SSSR count). The van der Waals surface area contributed by atoms with Gasteiger partial charge < -0.3 is 10.4 Å². The third kappa shape index (κ3) is 2.55. The zero-order chi connectivity index (χ0) is 12.4. The normalized spacial score (nSPS) is 17.3. The van der Waals surface area contributed by atoms with Gasteiger partial charge in [-0.15, -0.1) is 0 Å². The molecule has 1 aliphatic carbocycles. The predicted octanol–water partition coefficient (Wildman–Crippen LogP) is 3.64. The molecule has 92 valence electrons. The van der Waals surface area contributed by atoms with Crippen molar-refractivity contribution in [2.24, 2.45) is 5.92 Å². The second kappa shape index (κ2) is 4.96. The molecule has 2 N–H and O–H groups in total. The number of anilines is 1. The average Bonchev–Trinajstić information content (AvgIpc) is 2.13. The number of aromatic carboxylic acids is 1. The molecule has 0 aromatic heterocycles. The van der Waals surface area contributed by atoms with E-state index in [1.165, 1.54) is 19.3 Å². The Balaban J connectivity index is 2.19. The summed E-state index contributed by atoms with van der Waals surface area (Å²) >= 11 is 5.91. The topological polar surface area (TPSA) is 49.3 Å². The summed E-state index contributed by atoms with van der Waals surface area (Å²) in [5, 5.41) is 12.7. The second-order valence-electron chi connectivity index (χ2n) is 4.59. The summed E-state index contributed by atoms with van der Waals surface area (Å²) in [6.45, 7) is 2.09. The first kappa shape index (κ1) is 12.2. The van der Waals surface area contributed by atoms with Crippen LogP contribution in [0.2, 0.25) is 5.02 Å². The van der Waals surface area contributed by atoms with Crippen molar-refractivity contribution in [1.82, 2.24) is 0 Å². The molecule has 0 amide bonds. The van der Waals surface area contributed by atoms with Crippen LogP contribution in [-0.2, 0) is 0 Å². The number of nitrogens with one attached hydrogen (secondary N) is 1. The Labute approximate surface area is 106 Å². The fourth-order valence-corrected chi connectivity index (χ4v) is 2.42. The minimum Gasteiger partial charge on any atom is -0.478 e. The van der Waals surface area contributed by atoms with Crippen LogP contribution >= 0.6 is 11.6 Å². The molecule has 1 aliphatic rings. The molecule has 0 spiro atoms. The van der Waals surface area contributed by atoms with E-state index in [9.17, 15) is 4.79 Å². The van der Waals surface area contributed by atoms with E-state index in [0.717, 1.165) is 0 Å². The van der Waals surface area contributed by atoms with E-state index in [0.29, 0.717) is 17.6 Å². The molecule has 17 heavy (non-hydrogen) atoms. The highest BCUT2D eigenvalue weighted by atomic mass is 35.5.